The van der Waals surface area contributed by atoms with Gasteiger partial charge in [-0.05, 0) is 20.8 Å². The molecular weight excluding hydrogens is 154 g/mol. The van der Waals surface area contributed by atoms with Crippen molar-refractivity contribution >= 4 is 5.96 Å². The summed E-state index contributed by atoms with van der Waals surface area (Å²) in [5.74, 6) is 0.681. The monoisotopic (exact) mass is 173 g/mol. The van der Waals surface area contributed by atoms with E-state index in [0.29, 0.717) is 5.96 Å². The molecule has 0 amide bonds. The Morgan fingerprint density at radius 3 is 2.25 bits per heavy atom. The Hall–Kier alpha value is -0.770. The van der Waals surface area contributed by atoms with Crippen LogP contribution in [-0.2, 0) is 0 Å². The maximum atomic E-state index is 9.37. The van der Waals surface area contributed by atoms with Gasteiger partial charge in [-0.3, -0.25) is 4.99 Å². The molecule has 0 bridgehead atoms. The van der Waals surface area contributed by atoms with Crippen molar-refractivity contribution in [3.05, 3.63) is 0 Å². The molecule has 0 aliphatic carbocycles. The fraction of sp³-hybridized carbons (Fsp3) is 0.875. The zero-order valence-electron chi connectivity index (χ0n) is 8.47. The summed E-state index contributed by atoms with van der Waals surface area (Å²) < 4.78 is 0. The van der Waals surface area contributed by atoms with Crippen LogP contribution in [0, 0.1) is 0 Å². The second kappa shape index (κ2) is 4.30. The van der Waals surface area contributed by atoms with Crippen LogP contribution in [0.25, 0.3) is 0 Å². The molecule has 0 aliphatic heterocycles. The largest absolute Gasteiger partial charge is 0.391 e. The first-order valence-electron chi connectivity index (χ1n) is 4.05. The number of hydrogen-bond donors (Lipinski definition) is 3. The Balaban J connectivity index is 4.23. The molecule has 4 heteroatoms. The Kier molecular flexibility index (Phi) is 4.03. The molecule has 0 aliphatic rings. The number of aliphatic imine (C=N–C) groups is 1. The van der Waals surface area contributed by atoms with Crippen molar-refractivity contribution < 1.29 is 5.11 Å². The predicted octanol–water partition coefficient (Wildman–Crippen LogP) is -0.0594. The molecule has 0 spiro atoms. The summed E-state index contributed by atoms with van der Waals surface area (Å²) in [6.45, 7) is 5.58. The second-order valence-electron chi connectivity index (χ2n) is 3.34. The maximum Gasteiger partial charge on any atom is 0.191 e. The van der Waals surface area contributed by atoms with Gasteiger partial charge >= 0.3 is 0 Å². The molecule has 1 unspecified atom stereocenters. The molecule has 0 radical (unpaired) electrons. The summed E-state index contributed by atoms with van der Waals surface area (Å²) >= 11 is 0. The Morgan fingerprint density at radius 2 is 2.00 bits per heavy atom. The number of hydrogen-bond acceptors (Lipinski definition) is 2. The Labute approximate surface area is 74.1 Å². The molecule has 0 saturated heterocycles. The van der Waals surface area contributed by atoms with E-state index >= 15 is 0 Å². The topological polar surface area (TPSA) is 56.7 Å². The first kappa shape index (κ1) is 11.2. The highest BCUT2D eigenvalue weighted by atomic mass is 16.3. The minimum atomic E-state index is -0.428. The van der Waals surface area contributed by atoms with Crippen LogP contribution in [0.15, 0.2) is 4.99 Å². The number of nitrogens with one attached hydrogen (secondary N) is 2. The molecule has 0 aromatic carbocycles. The minimum Gasteiger partial charge on any atom is -0.391 e. The number of aliphatic hydroxyl groups is 1. The van der Waals surface area contributed by atoms with Crippen LogP contribution in [0.2, 0.25) is 0 Å². The molecule has 0 aromatic heterocycles. The molecule has 3 N–H and O–H groups in total. The van der Waals surface area contributed by atoms with Crippen LogP contribution in [0.1, 0.15) is 20.8 Å². The van der Waals surface area contributed by atoms with E-state index in [1.165, 1.54) is 0 Å². The summed E-state index contributed by atoms with van der Waals surface area (Å²) in [7, 11) is 3.48. The summed E-state index contributed by atoms with van der Waals surface area (Å²) in [4.78, 5) is 3.96. The molecule has 72 valence electrons. The lowest BCUT2D eigenvalue weighted by atomic mass is 9.99. The Morgan fingerprint density at radius 1 is 1.50 bits per heavy atom. The van der Waals surface area contributed by atoms with Crippen molar-refractivity contribution in [1.82, 2.24) is 10.6 Å². The third-order valence-corrected chi connectivity index (χ3v) is 1.95. The lowest BCUT2D eigenvalue weighted by Gasteiger charge is -2.30. The van der Waals surface area contributed by atoms with Gasteiger partial charge in [-0.2, -0.15) is 0 Å². The summed E-state index contributed by atoms with van der Waals surface area (Å²) in [5.41, 5.74) is -0.363. The van der Waals surface area contributed by atoms with E-state index in [2.05, 4.69) is 15.6 Å². The lowest BCUT2D eigenvalue weighted by molar-refractivity contribution is 0.109. The van der Waals surface area contributed by atoms with Crippen LogP contribution in [0.5, 0.6) is 0 Å². The molecule has 0 saturated carbocycles. The molecule has 0 fully saturated rings. The SMILES string of the molecule is CN=C(NC)NC(C)(C)C(C)O. The van der Waals surface area contributed by atoms with E-state index in [1.54, 1.807) is 21.0 Å². The van der Waals surface area contributed by atoms with Crippen molar-refractivity contribution in [1.29, 1.82) is 0 Å². The van der Waals surface area contributed by atoms with Gasteiger partial charge in [0.2, 0.25) is 0 Å². The highest BCUT2D eigenvalue weighted by Gasteiger charge is 2.24. The minimum absolute atomic E-state index is 0.363. The molecule has 0 aromatic rings. The number of aliphatic hydroxyl groups excluding tert-OH is 1. The van der Waals surface area contributed by atoms with E-state index in [1.807, 2.05) is 13.8 Å². The number of nitrogens with zero attached hydrogens (tertiary/aromatic N) is 1. The number of rotatable bonds is 2. The van der Waals surface area contributed by atoms with E-state index in [-0.39, 0.29) is 5.54 Å². The first-order valence-corrected chi connectivity index (χ1v) is 4.05. The van der Waals surface area contributed by atoms with Gasteiger partial charge in [-0.25, -0.2) is 0 Å². The van der Waals surface area contributed by atoms with Crippen LogP contribution < -0.4 is 10.6 Å². The second-order valence-corrected chi connectivity index (χ2v) is 3.34. The summed E-state index contributed by atoms with van der Waals surface area (Å²) in [5, 5.41) is 15.3. The Bertz CT molecular complexity index is 164. The summed E-state index contributed by atoms with van der Waals surface area (Å²) in [6.07, 6.45) is -0.428. The van der Waals surface area contributed by atoms with Crippen molar-refractivity contribution in [2.24, 2.45) is 4.99 Å². The molecule has 4 nitrogen and oxygen atoms in total. The average Bonchev–Trinajstić information content (AvgIpc) is 2.00. The standard InChI is InChI=1S/C8H19N3O/c1-6(12)8(2,3)11-7(9-4)10-5/h6,12H,1-5H3,(H2,9,10,11). The third kappa shape index (κ3) is 3.09. The molecule has 0 rings (SSSR count). The zero-order chi connectivity index (χ0) is 9.78. The van der Waals surface area contributed by atoms with Crippen molar-refractivity contribution in [3.63, 3.8) is 0 Å². The summed E-state index contributed by atoms with van der Waals surface area (Å²) in [6, 6.07) is 0. The first-order chi connectivity index (χ1) is 5.44. The third-order valence-electron chi connectivity index (χ3n) is 1.95. The van der Waals surface area contributed by atoms with E-state index < -0.39 is 6.10 Å². The van der Waals surface area contributed by atoms with Crippen LogP contribution >= 0.6 is 0 Å². The molecule has 1 atom stereocenters. The van der Waals surface area contributed by atoms with Gasteiger partial charge in [0.1, 0.15) is 0 Å². The van der Waals surface area contributed by atoms with E-state index in [9.17, 15) is 5.11 Å². The van der Waals surface area contributed by atoms with Crippen molar-refractivity contribution in [2.45, 2.75) is 32.4 Å². The highest BCUT2D eigenvalue weighted by Crippen LogP contribution is 2.07. The maximum absolute atomic E-state index is 9.37. The number of guanidine groups is 1. The normalized spacial score (nSPS) is 15.7. The predicted molar refractivity (Wildman–Crippen MR) is 51.3 cm³/mol. The van der Waals surface area contributed by atoms with Gasteiger partial charge in [0.25, 0.3) is 0 Å². The average molecular weight is 173 g/mol. The zero-order valence-corrected chi connectivity index (χ0v) is 8.47. The fourth-order valence-electron chi connectivity index (χ4n) is 0.640. The van der Waals surface area contributed by atoms with Crippen LogP contribution in [0.4, 0.5) is 0 Å². The van der Waals surface area contributed by atoms with Gasteiger partial charge in [-0.15, -0.1) is 0 Å². The molecular formula is C8H19N3O. The van der Waals surface area contributed by atoms with Gasteiger partial charge < -0.3 is 15.7 Å². The molecule has 0 heterocycles. The van der Waals surface area contributed by atoms with Crippen molar-refractivity contribution in [3.8, 4) is 0 Å². The fourth-order valence-corrected chi connectivity index (χ4v) is 0.640. The van der Waals surface area contributed by atoms with E-state index in [0.717, 1.165) is 0 Å². The lowest BCUT2D eigenvalue weighted by Crippen LogP contribution is -2.54. The van der Waals surface area contributed by atoms with Crippen LogP contribution in [0.3, 0.4) is 0 Å². The quantitative estimate of drug-likeness (QED) is 0.405. The van der Waals surface area contributed by atoms with Crippen molar-refractivity contribution in [2.75, 3.05) is 14.1 Å². The van der Waals surface area contributed by atoms with Gasteiger partial charge in [0, 0.05) is 14.1 Å². The highest BCUT2D eigenvalue weighted by molar-refractivity contribution is 5.80. The van der Waals surface area contributed by atoms with Gasteiger partial charge in [0.05, 0.1) is 11.6 Å². The molecule has 12 heavy (non-hydrogen) atoms. The van der Waals surface area contributed by atoms with Gasteiger partial charge in [0.15, 0.2) is 5.96 Å². The van der Waals surface area contributed by atoms with Gasteiger partial charge in [-0.1, -0.05) is 0 Å². The van der Waals surface area contributed by atoms with Crippen LogP contribution in [-0.4, -0.2) is 36.8 Å². The smallest absolute Gasteiger partial charge is 0.191 e. The van der Waals surface area contributed by atoms with E-state index in [4.69, 9.17) is 0 Å².